The molecule has 0 radical (unpaired) electrons. The summed E-state index contributed by atoms with van der Waals surface area (Å²) in [6.07, 6.45) is -5.32. The summed E-state index contributed by atoms with van der Waals surface area (Å²) >= 11 is 0. The SMILES string of the molecule is CC(C)C1NCCC2C(O)C(O)COC3CCCC(F)C3C3NC4C(CC3F)C(N3CCN(C(=O)OC(C)(C)C)C[C@@H]3C)NC(=O)N4C21. The van der Waals surface area contributed by atoms with Crippen LogP contribution in [-0.2, 0) is 9.47 Å². The maximum Gasteiger partial charge on any atom is 0.410 e. The summed E-state index contributed by atoms with van der Waals surface area (Å²) < 4.78 is 44.3. The molecule has 6 fully saturated rings. The Morgan fingerprint density at radius 2 is 1.81 bits per heavy atom. The second-order valence-corrected chi connectivity index (χ2v) is 16.5. The zero-order valence-electron chi connectivity index (χ0n) is 29.4. The van der Waals surface area contributed by atoms with Crippen molar-refractivity contribution >= 4 is 12.1 Å². The third-order valence-electron chi connectivity index (χ3n) is 11.8. The highest BCUT2D eigenvalue weighted by atomic mass is 19.1. The molecule has 12 nitrogen and oxygen atoms in total. The van der Waals surface area contributed by atoms with Crippen molar-refractivity contribution in [3.8, 4) is 0 Å². The molecule has 13 unspecified atom stereocenters. The highest BCUT2D eigenvalue weighted by molar-refractivity contribution is 5.76. The number of hydrogen-bond acceptors (Lipinski definition) is 9. The number of fused-ring (bicyclic) bond motifs is 5. The number of piperazine rings is 1. The largest absolute Gasteiger partial charge is 0.444 e. The third kappa shape index (κ3) is 6.90. The van der Waals surface area contributed by atoms with Crippen LogP contribution in [0.3, 0.4) is 0 Å². The number of nitrogens with zero attached hydrogens (tertiary/aromatic N) is 3. The molecule has 1 aliphatic carbocycles. The smallest absolute Gasteiger partial charge is 0.410 e. The minimum atomic E-state index is -1.41. The van der Waals surface area contributed by atoms with Gasteiger partial charge in [-0.3, -0.25) is 10.2 Å². The van der Waals surface area contributed by atoms with E-state index in [4.69, 9.17) is 9.47 Å². The second kappa shape index (κ2) is 14.1. The fraction of sp³-hybridized carbons (Fsp3) is 0.941. The van der Waals surface area contributed by atoms with E-state index < -0.39 is 78.4 Å². The summed E-state index contributed by atoms with van der Waals surface area (Å²) in [5.41, 5.74) is -0.628. The first-order valence-electron chi connectivity index (χ1n) is 18.2. The average molecular weight is 685 g/mol. The van der Waals surface area contributed by atoms with Crippen molar-refractivity contribution in [3.63, 3.8) is 0 Å². The van der Waals surface area contributed by atoms with E-state index in [-0.39, 0.29) is 43.2 Å². The van der Waals surface area contributed by atoms with E-state index in [0.29, 0.717) is 51.9 Å². The fourth-order valence-corrected chi connectivity index (χ4v) is 9.61. The van der Waals surface area contributed by atoms with Crippen molar-refractivity contribution in [1.82, 2.24) is 30.7 Å². The molecule has 0 aromatic carbocycles. The molecule has 6 aliphatic rings. The Bertz CT molecular complexity index is 1160. The third-order valence-corrected chi connectivity index (χ3v) is 11.8. The van der Waals surface area contributed by atoms with E-state index in [0.717, 1.165) is 0 Å². The van der Waals surface area contributed by atoms with Crippen LogP contribution in [0.15, 0.2) is 0 Å². The van der Waals surface area contributed by atoms with Crippen molar-refractivity contribution < 1.29 is 38.1 Å². The highest BCUT2D eigenvalue weighted by Crippen LogP contribution is 2.43. The number of halogens is 2. The van der Waals surface area contributed by atoms with Gasteiger partial charge in [0.15, 0.2) is 0 Å². The Balaban J connectivity index is 1.36. The Morgan fingerprint density at radius 1 is 1.06 bits per heavy atom. The Morgan fingerprint density at radius 3 is 2.50 bits per heavy atom. The van der Waals surface area contributed by atoms with E-state index >= 15 is 8.78 Å². The van der Waals surface area contributed by atoms with Gasteiger partial charge in [0.25, 0.3) is 0 Å². The maximum absolute atomic E-state index is 16.6. The first-order chi connectivity index (χ1) is 22.7. The van der Waals surface area contributed by atoms with E-state index in [1.54, 1.807) is 9.80 Å². The quantitative estimate of drug-likeness (QED) is 0.296. The molecular formula is C34H58F2N6O6. The molecule has 0 aromatic rings. The Labute approximate surface area is 283 Å². The number of hydrogen-bond donors (Lipinski definition) is 5. The number of ether oxygens (including phenoxy) is 2. The van der Waals surface area contributed by atoms with Crippen molar-refractivity contribution in [2.24, 2.45) is 23.7 Å². The van der Waals surface area contributed by atoms with E-state index in [9.17, 15) is 19.8 Å². The maximum atomic E-state index is 16.6. The van der Waals surface area contributed by atoms with Crippen LogP contribution in [0.5, 0.6) is 0 Å². The molecule has 5 aliphatic heterocycles. The molecule has 48 heavy (non-hydrogen) atoms. The monoisotopic (exact) mass is 684 g/mol. The van der Waals surface area contributed by atoms with Gasteiger partial charge >= 0.3 is 12.1 Å². The molecular weight excluding hydrogens is 626 g/mol. The lowest BCUT2D eigenvalue weighted by Gasteiger charge is -2.60. The molecule has 3 amide bonds. The average Bonchev–Trinajstić information content (AvgIpc) is 3.01. The molecule has 0 spiro atoms. The highest BCUT2D eigenvalue weighted by Gasteiger charge is 2.58. The van der Waals surface area contributed by atoms with Gasteiger partial charge < -0.3 is 40.1 Å². The van der Waals surface area contributed by atoms with Crippen molar-refractivity contribution in [2.75, 3.05) is 32.8 Å². The molecule has 274 valence electrons. The second-order valence-electron chi connectivity index (χ2n) is 16.5. The number of amides is 3. The molecule has 2 bridgehead atoms. The summed E-state index contributed by atoms with van der Waals surface area (Å²) in [6, 6.07) is -2.15. The number of nitrogens with one attached hydrogen (secondary N) is 3. The molecule has 1 saturated carbocycles. The summed E-state index contributed by atoms with van der Waals surface area (Å²) in [6.45, 7) is 13.3. The standard InChI is InChI=1S/C34H58F2N6O6/c1-17(2)26-28-19(10-11-37-26)29(44)23(43)16-47-24-9-7-8-21(35)25(24)27-22(36)14-20-30(39-32(45)42(28)31(20)38-27)41-13-12-40(15-18(41)3)33(46)48-34(4,5)6/h17-31,37-38,43-44H,7-16H2,1-6H3,(H,39,45)/t18-,19?,20?,21?,22?,23?,24?,25?,26?,27?,28?,29?,30?,31?/m0/s1. The number of aliphatic hydroxyl groups is 2. The number of alkyl halides is 2. The number of urea groups is 1. The van der Waals surface area contributed by atoms with Gasteiger partial charge in [-0.15, -0.1) is 0 Å². The van der Waals surface area contributed by atoms with Crippen LogP contribution in [0, 0.1) is 23.7 Å². The number of rotatable bonds is 2. The van der Waals surface area contributed by atoms with Gasteiger partial charge in [0.1, 0.15) is 24.0 Å². The summed E-state index contributed by atoms with van der Waals surface area (Å²) in [5, 5.41) is 33.3. The van der Waals surface area contributed by atoms with Crippen LogP contribution in [-0.4, -0.2) is 143 Å². The lowest BCUT2D eigenvalue weighted by atomic mass is 9.71. The fourth-order valence-electron chi connectivity index (χ4n) is 9.61. The molecule has 5 saturated heterocycles. The van der Waals surface area contributed by atoms with Crippen molar-refractivity contribution in [3.05, 3.63) is 0 Å². The van der Waals surface area contributed by atoms with Gasteiger partial charge in [0.05, 0.1) is 37.2 Å². The van der Waals surface area contributed by atoms with E-state index in [2.05, 4.69) is 34.7 Å². The van der Waals surface area contributed by atoms with Crippen LogP contribution < -0.4 is 16.0 Å². The Kier molecular flexibility index (Phi) is 10.5. The number of aliphatic hydroxyl groups excluding tert-OH is 2. The van der Waals surface area contributed by atoms with Gasteiger partial charge in [-0.2, -0.15) is 0 Å². The van der Waals surface area contributed by atoms with Crippen molar-refractivity contribution in [1.29, 1.82) is 0 Å². The number of carbonyl (C=O) groups excluding carboxylic acids is 2. The normalized spacial score (nSPS) is 44.5. The molecule has 5 N–H and O–H groups in total. The van der Waals surface area contributed by atoms with Gasteiger partial charge in [0, 0.05) is 55.5 Å². The van der Waals surface area contributed by atoms with Crippen LogP contribution in [0.2, 0.25) is 0 Å². The van der Waals surface area contributed by atoms with Gasteiger partial charge in [-0.25, -0.2) is 18.4 Å². The van der Waals surface area contributed by atoms with Gasteiger partial charge in [-0.05, 0) is 72.3 Å². The molecule has 0 aromatic heterocycles. The molecule has 14 atom stereocenters. The van der Waals surface area contributed by atoms with Crippen LogP contribution >= 0.6 is 0 Å². The number of carbonyl (C=O) groups is 2. The molecule has 14 heteroatoms. The topological polar surface area (TPSA) is 139 Å². The molecule has 5 heterocycles. The van der Waals surface area contributed by atoms with Gasteiger partial charge in [0.2, 0.25) is 0 Å². The summed E-state index contributed by atoms with van der Waals surface area (Å²) in [5.74, 6) is -1.63. The number of piperidine rings is 2. The summed E-state index contributed by atoms with van der Waals surface area (Å²) in [7, 11) is 0. The lowest BCUT2D eigenvalue weighted by molar-refractivity contribution is -0.155. The first kappa shape index (κ1) is 36.0. The van der Waals surface area contributed by atoms with Crippen LogP contribution in [0.1, 0.15) is 73.6 Å². The van der Waals surface area contributed by atoms with E-state index in [1.807, 2.05) is 27.7 Å². The predicted octanol–water partition coefficient (Wildman–Crippen LogP) is 2.18. The lowest BCUT2D eigenvalue weighted by Crippen LogP contribution is -2.80. The molecule has 6 rings (SSSR count). The zero-order chi connectivity index (χ0) is 34.7. The van der Waals surface area contributed by atoms with Gasteiger partial charge in [-0.1, -0.05) is 13.8 Å². The van der Waals surface area contributed by atoms with Crippen molar-refractivity contribution in [2.45, 2.75) is 146 Å². The minimum absolute atomic E-state index is 0.0717. The minimum Gasteiger partial charge on any atom is -0.444 e. The van der Waals surface area contributed by atoms with E-state index in [1.165, 1.54) is 0 Å². The van der Waals surface area contributed by atoms with Crippen LogP contribution in [0.25, 0.3) is 0 Å². The first-order valence-corrected chi connectivity index (χ1v) is 18.2. The predicted molar refractivity (Wildman–Crippen MR) is 174 cm³/mol. The van der Waals surface area contributed by atoms with Crippen LogP contribution in [0.4, 0.5) is 18.4 Å². The Hall–Kier alpha value is -1.84. The zero-order valence-corrected chi connectivity index (χ0v) is 29.4. The summed E-state index contributed by atoms with van der Waals surface area (Å²) in [4.78, 5) is 33.0.